The van der Waals surface area contributed by atoms with E-state index in [1.54, 1.807) is 14.0 Å². The maximum atomic E-state index is 10.9. The Labute approximate surface area is 85.0 Å². The van der Waals surface area contributed by atoms with Gasteiger partial charge in [0.2, 0.25) is 0 Å². The van der Waals surface area contributed by atoms with Crippen molar-refractivity contribution in [1.29, 1.82) is 0 Å². The average molecular weight is 201 g/mol. The van der Waals surface area contributed by atoms with Crippen LogP contribution in [0.2, 0.25) is 0 Å². The molecule has 0 spiro atoms. The summed E-state index contributed by atoms with van der Waals surface area (Å²) in [6, 6.07) is 0. The highest BCUT2D eigenvalue weighted by Gasteiger charge is 2.03. The van der Waals surface area contributed by atoms with Gasteiger partial charge in [0.1, 0.15) is 6.23 Å². The number of nitrogens with one attached hydrogen (secondary N) is 1. The van der Waals surface area contributed by atoms with Crippen molar-refractivity contribution in [2.45, 2.75) is 32.4 Å². The largest absolute Gasteiger partial charge is 0.462 e. The van der Waals surface area contributed by atoms with Gasteiger partial charge in [-0.3, -0.25) is 5.32 Å². The van der Waals surface area contributed by atoms with Crippen LogP contribution in [-0.2, 0) is 9.53 Å². The Kier molecular flexibility index (Phi) is 7.06. The molecule has 0 aliphatic heterocycles. The number of hydrogen-bond acceptors (Lipinski definition) is 4. The fourth-order valence-corrected chi connectivity index (χ4v) is 0.872. The molecule has 4 heteroatoms. The van der Waals surface area contributed by atoms with E-state index >= 15 is 0 Å². The third-order valence-corrected chi connectivity index (χ3v) is 1.79. The summed E-state index contributed by atoms with van der Waals surface area (Å²) in [6.45, 7) is 5.48. The minimum atomic E-state index is -0.466. The zero-order valence-corrected chi connectivity index (χ0v) is 8.88. The molecule has 4 nitrogen and oxygen atoms in total. The van der Waals surface area contributed by atoms with Crippen LogP contribution in [0, 0.1) is 0 Å². The van der Waals surface area contributed by atoms with E-state index in [1.165, 1.54) is 0 Å². The number of aliphatic hydroxyl groups excluding tert-OH is 1. The molecule has 0 rings (SSSR count). The van der Waals surface area contributed by atoms with Crippen LogP contribution >= 0.6 is 0 Å². The first kappa shape index (κ1) is 13.1. The van der Waals surface area contributed by atoms with Crippen LogP contribution in [0.25, 0.3) is 0 Å². The van der Waals surface area contributed by atoms with Crippen molar-refractivity contribution in [1.82, 2.24) is 5.32 Å². The van der Waals surface area contributed by atoms with Gasteiger partial charge in [0.25, 0.3) is 0 Å². The highest BCUT2D eigenvalue weighted by molar-refractivity contribution is 5.86. The number of aliphatic hydroxyl groups is 1. The van der Waals surface area contributed by atoms with Gasteiger partial charge in [-0.05, 0) is 33.2 Å². The van der Waals surface area contributed by atoms with Crippen LogP contribution in [0.1, 0.15) is 26.2 Å². The molecule has 0 radical (unpaired) electrons. The minimum Gasteiger partial charge on any atom is -0.462 e. The summed E-state index contributed by atoms with van der Waals surface area (Å²) in [6.07, 6.45) is 1.79. The predicted octanol–water partition coefficient (Wildman–Crippen LogP) is 0.814. The van der Waals surface area contributed by atoms with E-state index in [1.807, 2.05) is 0 Å². The molecule has 0 aromatic heterocycles. The van der Waals surface area contributed by atoms with Crippen LogP contribution < -0.4 is 5.32 Å². The van der Waals surface area contributed by atoms with Crippen molar-refractivity contribution in [3.63, 3.8) is 0 Å². The summed E-state index contributed by atoms with van der Waals surface area (Å²) in [5, 5.41) is 11.8. The zero-order chi connectivity index (χ0) is 11.0. The van der Waals surface area contributed by atoms with Gasteiger partial charge in [-0.2, -0.15) is 0 Å². The first-order chi connectivity index (χ1) is 6.57. The molecule has 0 aliphatic rings. The van der Waals surface area contributed by atoms with Gasteiger partial charge in [0.15, 0.2) is 0 Å². The molecule has 0 saturated carbocycles. The molecular formula is C10H19NO3. The van der Waals surface area contributed by atoms with E-state index in [9.17, 15) is 4.79 Å². The Bertz CT molecular complexity index is 192. The standard InChI is InChI=1S/C10H19NO3/c1-8(2)10(13)14-7-5-4-6-9(12)11-3/h9,11-12H,1,4-7H2,2-3H3. The molecule has 0 aromatic rings. The molecule has 0 bridgehead atoms. The molecule has 0 aromatic carbocycles. The summed E-state index contributed by atoms with van der Waals surface area (Å²) in [5.74, 6) is -0.348. The second kappa shape index (κ2) is 7.53. The lowest BCUT2D eigenvalue weighted by molar-refractivity contribution is -0.139. The zero-order valence-electron chi connectivity index (χ0n) is 8.88. The van der Waals surface area contributed by atoms with Crippen LogP contribution in [0.15, 0.2) is 12.2 Å². The van der Waals surface area contributed by atoms with Crippen molar-refractivity contribution in [3.8, 4) is 0 Å². The summed E-state index contributed by atoms with van der Waals surface area (Å²) in [4.78, 5) is 10.9. The summed E-state index contributed by atoms with van der Waals surface area (Å²) in [5.41, 5.74) is 0.417. The van der Waals surface area contributed by atoms with Crippen molar-refractivity contribution in [2.24, 2.45) is 0 Å². The van der Waals surface area contributed by atoms with Gasteiger partial charge < -0.3 is 9.84 Å². The average Bonchev–Trinajstić information content (AvgIpc) is 2.16. The molecule has 0 fully saturated rings. The fraction of sp³-hybridized carbons (Fsp3) is 0.700. The number of rotatable bonds is 7. The maximum absolute atomic E-state index is 10.9. The predicted molar refractivity (Wildman–Crippen MR) is 54.7 cm³/mol. The Morgan fingerprint density at radius 3 is 2.71 bits per heavy atom. The van der Waals surface area contributed by atoms with Gasteiger partial charge in [0.05, 0.1) is 6.61 Å². The lowest BCUT2D eigenvalue weighted by Crippen LogP contribution is -2.24. The number of unbranched alkanes of at least 4 members (excludes halogenated alkanes) is 1. The Balaban J connectivity index is 3.30. The smallest absolute Gasteiger partial charge is 0.333 e. The molecule has 0 amide bonds. The van der Waals surface area contributed by atoms with E-state index in [2.05, 4.69) is 11.9 Å². The number of hydrogen-bond donors (Lipinski definition) is 2. The third-order valence-electron chi connectivity index (χ3n) is 1.79. The Morgan fingerprint density at radius 2 is 2.21 bits per heavy atom. The number of esters is 1. The van der Waals surface area contributed by atoms with Gasteiger partial charge in [-0.15, -0.1) is 0 Å². The summed E-state index contributed by atoms with van der Waals surface area (Å²) >= 11 is 0. The lowest BCUT2D eigenvalue weighted by Gasteiger charge is -2.08. The third kappa shape index (κ3) is 6.62. The van der Waals surface area contributed by atoms with Crippen LogP contribution in [-0.4, -0.2) is 31.0 Å². The van der Waals surface area contributed by atoms with Gasteiger partial charge in [0, 0.05) is 5.57 Å². The molecule has 0 saturated heterocycles. The number of ether oxygens (including phenoxy) is 1. The molecular weight excluding hydrogens is 182 g/mol. The second-order valence-electron chi connectivity index (χ2n) is 3.22. The Morgan fingerprint density at radius 1 is 1.57 bits per heavy atom. The minimum absolute atomic E-state index is 0.348. The number of carbonyl (C=O) groups is 1. The van der Waals surface area contributed by atoms with Crippen LogP contribution in [0.4, 0.5) is 0 Å². The molecule has 0 heterocycles. The SMILES string of the molecule is C=C(C)C(=O)OCCCCC(O)NC. The highest BCUT2D eigenvalue weighted by atomic mass is 16.5. The van der Waals surface area contributed by atoms with E-state index in [4.69, 9.17) is 9.84 Å². The quantitative estimate of drug-likeness (QED) is 0.277. The molecule has 82 valence electrons. The van der Waals surface area contributed by atoms with Gasteiger partial charge in [-0.25, -0.2) is 4.79 Å². The normalized spacial score (nSPS) is 12.2. The maximum Gasteiger partial charge on any atom is 0.333 e. The van der Waals surface area contributed by atoms with Gasteiger partial charge in [-0.1, -0.05) is 6.58 Å². The lowest BCUT2D eigenvalue weighted by atomic mass is 10.2. The summed E-state index contributed by atoms with van der Waals surface area (Å²) < 4.78 is 4.88. The topological polar surface area (TPSA) is 58.6 Å². The molecule has 0 aliphatic carbocycles. The number of carbonyl (C=O) groups excluding carboxylic acids is 1. The Hall–Kier alpha value is -0.870. The second-order valence-corrected chi connectivity index (χ2v) is 3.22. The molecule has 14 heavy (non-hydrogen) atoms. The van der Waals surface area contributed by atoms with Crippen molar-refractivity contribution in [3.05, 3.63) is 12.2 Å². The first-order valence-corrected chi connectivity index (χ1v) is 4.76. The first-order valence-electron chi connectivity index (χ1n) is 4.76. The fourth-order valence-electron chi connectivity index (χ4n) is 0.872. The van der Waals surface area contributed by atoms with Crippen molar-refractivity contribution >= 4 is 5.97 Å². The molecule has 1 atom stereocenters. The van der Waals surface area contributed by atoms with Crippen molar-refractivity contribution < 1.29 is 14.6 Å². The summed E-state index contributed by atoms with van der Waals surface area (Å²) in [7, 11) is 1.70. The van der Waals surface area contributed by atoms with E-state index in [-0.39, 0.29) is 5.97 Å². The van der Waals surface area contributed by atoms with Crippen LogP contribution in [0.5, 0.6) is 0 Å². The monoisotopic (exact) mass is 201 g/mol. The molecule has 1 unspecified atom stereocenters. The van der Waals surface area contributed by atoms with Gasteiger partial charge >= 0.3 is 5.97 Å². The highest BCUT2D eigenvalue weighted by Crippen LogP contribution is 2.00. The molecule has 2 N–H and O–H groups in total. The van der Waals surface area contributed by atoms with E-state index in [0.717, 1.165) is 12.8 Å². The van der Waals surface area contributed by atoms with Crippen molar-refractivity contribution in [2.75, 3.05) is 13.7 Å². The van der Waals surface area contributed by atoms with Crippen LogP contribution in [0.3, 0.4) is 0 Å². The van der Waals surface area contributed by atoms with E-state index in [0.29, 0.717) is 18.6 Å². The van der Waals surface area contributed by atoms with E-state index < -0.39 is 6.23 Å².